The van der Waals surface area contributed by atoms with E-state index in [1.165, 1.54) is 9.87 Å². The SMILES string of the molecule is Cc1cccc(N2CCN(C(=O)[C@@H]3CCCN3S(=O)(=O)c3cccc4nsnc34)C[C@@H]2C)c1. The van der Waals surface area contributed by atoms with Gasteiger partial charge in [0.1, 0.15) is 22.0 Å². The van der Waals surface area contributed by atoms with Gasteiger partial charge in [-0.1, -0.05) is 18.2 Å². The fourth-order valence-corrected chi connectivity index (χ4v) is 7.35. The minimum atomic E-state index is -3.86. The fourth-order valence-electron chi connectivity index (χ4n) is 4.95. The highest BCUT2D eigenvalue weighted by Crippen LogP contribution is 2.31. The molecule has 5 rings (SSSR count). The summed E-state index contributed by atoms with van der Waals surface area (Å²) in [6.07, 6.45) is 1.20. The molecular formula is C23H27N5O3S2. The van der Waals surface area contributed by atoms with E-state index in [1.54, 1.807) is 18.2 Å². The molecule has 2 saturated heterocycles. The monoisotopic (exact) mass is 485 g/mol. The van der Waals surface area contributed by atoms with E-state index in [4.69, 9.17) is 0 Å². The smallest absolute Gasteiger partial charge is 0.246 e. The van der Waals surface area contributed by atoms with Crippen molar-refractivity contribution in [2.45, 2.75) is 43.7 Å². The highest BCUT2D eigenvalue weighted by Gasteiger charge is 2.43. The maximum absolute atomic E-state index is 13.6. The second-order valence-electron chi connectivity index (χ2n) is 8.83. The largest absolute Gasteiger partial charge is 0.365 e. The summed E-state index contributed by atoms with van der Waals surface area (Å²) in [7, 11) is -3.86. The molecule has 2 atom stereocenters. The van der Waals surface area contributed by atoms with Crippen LogP contribution in [-0.2, 0) is 14.8 Å². The van der Waals surface area contributed by atoms with Crippen LogP contribution in [0.3, 0.4) is 0 Å². The van der Waals surface area contributed by atoms with Crippen LogP contribution in [0.15, 0.2) is 47.4 Å². The average molecular weight is 486 g/mol. The Morgan fingerprint density at radius 2 is 1.91 bits per heavy atom. The maximum Gasteiger partial charge on any atom is 0.246 e. The Balaban J connectivity index is 1.35. The van der Waals surface area contributed by atoms with Crippen molar-refractivity contribution < 1.29 is 13.2 Å². The summed E-state index contributed by atoms with van der Waals surface area (Å²) in [4.78, 5) is 17.8. The first kappa shape index (κ1) is 22.2. The third-order valence-corrected chi connectivity index (χ3v) is 9.08. The van der Waals surface area contributed by atoms with Gasteiger partial charge in [0.15, 0.2) is 0 Å². The standard InChI is InChI=1S/C23H27N5O3S2/c1-16-6-3-7-18(14-16)27-13-12-26(15-17(27)2)23(29)20-9-5-11-28(20)33(30,31)21-10-4-8-19-22(21)25-32-24-19/h3-4,6-8,10,14,17,20H,5,9,11-13,15H2,1-2H3/t17-,20-/m0/s1. The first-order chi connectivity index (χ1) is 15.9. The lowest BCUT2D eigenvalue weighted by Gasteiger charge is -2.42. The van der Waals surface area contributed by atoms with E-state index in [0.29, 0.717) is 43.5 Å². The number of carbonyl (C=O) groups excluding carboxylic acids is 1. The summed E-state index contributed by atoms with van der Waals surface area (Å²) < 4.78 is 36.9. The van der Waals surface area contributed by atoms with E-state index in [1.807, 2.05) is 4.90 Å². The lowest BCUT2D eigenvalue weighted by molar-refractivity contribution is -0.135. The topological polar surface area (TPSA) is 86.7 Å². The van der Waals surface area contributed by atoms with Crippen molar-refractivity contribution in [2.24, 2.45) is 0 Å². The van der Waals surface area contributed by atoms with Gasteiger partial charge in [-0.15, -0.1) is 0 Å². The summed E-state index contributed by atoms with van der Waals surface area (Å²) in [6.45, 7) is 6.40. The summed E-state index contributed by atoms with van der Waals surface area (Å²) in [5.74, 6) is -0.101. The van der Waals surface area contributed by atoms with Crippen LogP contribution in [0.4, 0.5) is 5.69 Å². The van der Waals surface area contributed by atoms with E-state index in [2.05, 4.69) is 51.8 Å². The first-order valence-corrected chi connectivity index (χ1v) is 13.4. The molecule has 2 aliphatic rings. The molecule has 2 aliphatic heterocycles. The number of benzene rings is 2. The molecule has 33 heavy (non-hydrogen) atoms. The molecule has 0 aliphatic carbocycles. The van der Waals surface area contributed by atoms with Crippen LogP contribution in [0.1, 0.15) is 25.3 Å². The highest BCUT2D eigenvalue weighted by atomic mass is 32.2. The number of piperazine rings is 1. The summed E-state index contributed by atoms with van der Waals surface area (Å²) >= 11 is 0.992. The van der Waals surface area contributed by atoms with Gasteiger partial charge in [0.25, 0.3) is 0 Å². The Morgan fingerprint density at radius 3 is 2.70 bits per heavy atom. The molecule has 0 spiro atoms. The van der Waals surface area contributed by atoms with E-state index in [0.717, 1.165) is 24.0 Å². The molecule has 10 heteroatoms. The molecule has 2 aromatic carbocycles. The Kier molecular flexibility index (Phi) is 5.84. The number of sulfonamides is 1. The van der Waals surface area contributed by atoms with Crippen molar-refractivity contribution in [1.29, 1.82) is 0 Å². The van der Waals surface area contributed by atoms with Crippen LogP contribution in [0, 0.1) is 6.92 Å². The molecule has 0 N–H and O–H groups in total. The molecule has 1 amide bonds. The third kappa shape index (κ3) is 4.00. The van der Waals surface area contributed by atoms with E-state index in [-0.39, 0.29) is 16.8 Å². The van der Waals surface area contributed by atoms with Gasteiger partial charge in [-0.2, -0.15) is 13.1 Å². The molecule has 8 nitrogen and oxygen atoms in total. The zero-order valence-corrected chi connectivity index (χ0v) is 20.3. The normalized spacial score (nSPS) is 22.2. The second kappa shape index (κ2) is 8.66. The number of rotatable bonds is 4. The van der Waals surface area contributed by atoms with Gasteiger partial charge in [-0.25, -0.2) is 8.42 Å². The molecule has 0 saturated carbocycles. The number of hydrogen-bond acceptors (Lipinski definition) is 7. The highest BCUT2D eigenvalue weighted by molar-refractivity contribution is 7.89. The molecule has 1 aromatic heterocycles. The molecule has 3 heterocycles. The number of aryl methyl sites for hydroxylation is 1. The van der Waals surface area contributed by atoms with Crippen LogP contribution in [0.2, 0.25) is 0 Å². The van der Waals surface area contributed by atoms with Crippen molar-refractivity contribution in [1.82, 2.24) is 18.0 Å². The van der Waals surface area contributed by atoms with Crippen molar-refractivity contribution in [3.63, 3.8) is 0 Å². The molecule has 2 fully saturated rings. The maximum atomic E-state index is 13.6. The predicted octanol–water partition coefficient (Wildman–Crippen LogP) is 2.89. The van der Waals surface area contributed by atoms with Crippen molar-refractivity contribution >= 4 is 44.4 Å². The Hall–Kier alpha value is -2.56. The molecule has 0 bridgehead atoms. The minimum Gasteiger partial charge on any atom is -0.365 e. The predicted molar refractivity (Wildman–Crippen MR) is 129 cm³/mol. The van der Waals surface area contributed by atoms with Gasteiger partial charge in [0.2, 0.25) is 15.9 Å². The van der Waals surface area contributed by atoms with Crippen LogP contribution >= 0.6 is 11.7 Å². The number of amides is 1. The number of fused-ring (bicyclic) bond motifs is 1. The summed E-state index contributed by atoms with van der Waals surface area (Å²) in [5, 5.41) is 0. The lowest BCUT2D eigenvalue weighted by Crippen LogP contribution is -2.57. The zero-order valence-electron chi connectivity index (χ0n) is 18.7. The molecule has 0 unspecified atom stereocenters. The van der Waals surface area contributed by atoms with E-state index < -0.39 is 16.1 Å². The number of nitrogens with zero attached hydrogens (tertiary/aromatic N) is 5. The van der Waals surface area contributed by atoms with Gasteiger partial charge in [-0.3, -0.25) is 4.79 Å². The lowest BCUT2D eigenvalue weighted by atomic mass is 10.1. The number of hydrogen-bond donors (Lipinski definition) is 0. The van der Waals surface area contributed by atoms with Crippen LogP contribution in [-0.4, -0.2) is 70.5 Å². The van der Waals surface area contributed by atoms with E-state index >= 15 is 0 Å². The molecule has 3 aromatic rings. The van der Waals surface area contributed by atoms with Gasteiger partial charge < -0.3 is 9.80 Å². The quantitative estimate of drug-likeness (QED) is 0.565. The minimum absolute atomic E-state index is 0.101. The Labute approximate surface area is 198 Å². The van der Waals surface area contributed by atoms with Gasteiger partial charge in [-0.05, 0) is 56.5 Å². The second-order valence-corrected chi connectivity index (χ2v) is 11.2. The average Bonchev–Trinajstić information content (AvgIpc) is 3.48. The van der Waals surface area contributed by atoms with E-state index in [9.17, 15) is 13.2 Å². The van der Waals surface area contributed by atoms with Crippen molar-refractivity contribution in [2.75, 3.05) is 31.1 Å². The summed E-state index contributed by atoms with van der Waals surface area (Å²) in [6, 6.07) is 12.8. The van der Waals surface area contributed by atoms with Crippen LogP contribution < -0.4 is 4.90 Å². The third-order valence-electron chi connectivity index (χ3n) is 6.60. The Morgan fingerprint density at radius 1 is 1.09 bits per heavy atom. The van der Waals surface area contributed by atoms with Crippen LogP contribution in [0.5, 0.6) is 0 Å². The fraction of sp³-hybridized carbons (Fsp3) is 0.435. The molecular weight excluding hydrogens is 458 g/mol. The first-order valence-electron chi connectivity index (χ1n) is 11.2. The zero-order chi connectivity index (χ0) is 23.2. The van der Waals surface area contributed by atoms with Crippen LogP contribution in [0.25, 0.3) is 11.0 Å². The van der Waals surface area contributed by atoms with Crippen molar-refractivity contribution in [3.8, 4) is 0 Å². The number of carbonyl (C=O) groups is 1. The molecule has 0 radical (unpaired) electrons. The number of aromatic nitrogens is 2. The Bertz CT molecular complexity index is 1290. The van der Waals surface area contributed by atoms with Crippen molar-refractivity contribution in [3.05, 3.63) is 48.0 Å². The van der Waals surface area contributed by atoms with Gasteiger partial charge >= 0.3 is 0 Å². The summed E-state index contributed by atoms with van der Waals surface area (Å²) in [5.41, 5.74) is 3.30. The number of anilines is 1. The van der Waals surface area contributed by atoms with Gasteiger partial charge in [0.05, 0.1) is 11.7 Å². The molecule has 174 valence electrons. The van der Waals surface area contributed by atoms with Gasteiger partial charge in [0, 0.05) is 37.9 Å².